The number of ether oxygens (including phenoxy) is 1. The quantitative estimate of drug-likeness (QED) is 0.549. The minimum absolute atomic E-state index is 0.352. The van der Waals surface area contributed by atoms with E-state index in [0.29, 0.717) is 11.1 Å². The van der Waals surface area contributed by atoms with Crippen LogP contribution < -0.4 is 4.72 Å². The molecule has 0 radical (unpaired) electrons. The van der Waals surface area contributed by atoms with Crippen LogP contribution in [0.15, 0.2) is 47.5 Å². The molecule has 24 heavy (non-hydrogen) atoms. The van der Waals surface area contributed by atoms with Crippen LogP contribution in [-0.2, 0) is 4.74 Å². The van der Waals surface area contributed by atoms with Gasteiger partial charge in [0.1, 0.15) is 6.07 Å². The number of fused-ring (bicyclic) bond motifs is 1. The van der Waals surface area contributed by atoms with Crippen molar-refractivity contribution in [1.82, 2.24) is 4.98 Å². The zero-order valence-electron chi connectivity index (χ0n) is 13.2. The number of carbonyl (C=O) groups is 1. The SMILES string of the molecule is COC(=O)c1ccc(SNc2ccc(C)c3c(C#N)c[nH]c23)cc1. The molecule has 3 rings (SSSR count). The summed E-state index contributed by atoms with van der Waals surface area (Å²) in [5.74, 6) is -0.352. The molecule has 1 aromatic heterocycles. The number of rotatable bonds is 4. The number of H-pyrrole nitrogens is 1. The number of aryl methyl sites for hydroxylation is 1. The molecule has 0 fully saturated rings. The van der Waals surface area contributed by atoms with Crippen LogP contribution in [0.1, 0.15) is 21.5 Å². The first-order valence-electron chi connectivity index (χ1n) is 7.26. The van der Waals surface area contributed by atoms with Gasteiger partial charge in [0, 0.05) is 16.5 Å². The Hall–Kier alpha value is -2.91. The van der Waals surface area contributed by atoms with Crippen molar-refractivity contribution in [2.45, 2.75) is 11.8 Å². The van der Waals surface area contributed by atoms with E-state index in [2.05, 4.69) is 20.5 Å². The van der Waals surface area contributed by atoms with Gasteiger partial charge in [-0.05, 0) is 54.8 Å². The van der Waals surface area contributed by atoms with E-state index in [1.165, 1.54) is 19.1 Å². The highest BCUT2D eigenvalue weighted by atomic mass is 32.2. The molecule has 0 spiro atoms. The van der Waals surface area contributed by atoms with Crippen molar-refractivity contribution >= 4 is 34.5 Å². The van der Waals surface area contributed by atoms with Gasteiger partial charge in [-0.2, -0.15) is 5.26 Å². The second-order valence-electron chi connectivity index (χ2n) is 5.21. The number of hydrogen-bond donors (Lipinski definition) is 2. The summed E-state index contributed by atoms with van der Waals surface area (Å²) >= 11 is 1.43. The van der Waals surface area contributed by atoms with Gasteiger partial charge in [0.15, 0.2) is 0 Å². The molecule has 0 saturated heterocycles. The van der Waals surface area contributed by atoms with Gasteiger partial charge < -0.3 is 14.4 Å². The second-order valence-corrected chi connectivity index (χ2v) is 6.09. The van der Waals surface area contributed by atoms with Gasteiger partial charge in [0.2, 0.25) is 0 Å². The van der Waals surface area contributed by atoms with Crippen LogP contribution in [0.2, 0.25) is 0 Å². The topological polar surface area (TPSA) is 77.9 Å². The Morgan fingerprint density at radius 1 is 1.25 bits per heavy atom. The lowest BCUT2D eigenvalue weighted by atomic mass is 10.1. The first-order valence-corrected chi connectivity index (χ1v) is 8.07. The van der Waals surface area contributed by atoms with E-state index >= 15 is 0 Å². The number of nitrogens with zero attached hydrogens (tertiary/aromatic N) is 1. The van der Waals surface area contributed by atoms with Crippen LogP contribution in [0.25, 0.3) is 10.9 Å². The number of nitrogens with one attached hydrogen (secondary N) is 2. The van der Waals surface area contributed by atoms with E-state index in [4.69, 9.17) is 0 Å². The molecule has 1 heterocycles. The van der Waals surface area contributed by atoms with E-state index in [9.17, 15) is 10.1 Å². The number of esters is 1. The van der Waals surface area contributed by atoms with Crippen molar-refractivity contribution in [3.05, 3.63) is 59.3 Å². The zero-order chi connectivity index (χ0) is 17.1. The first-order chi connectivity index (χ1) is 11.6. The van der Waals surface area contributed by atoms with E-state index in [1.54, 1.807) is 18.3 Å². The molecule has 120 valence electrons. The highest BCUT2D eigenvalue weighted by Gasteiger charge is 2.10. The smallest absolute Gasteiger partial charge is 0.337 e. The van der Waals surface area contributed by atoms with Crippen LogP contribution in [0.4, 0.5) is 5.69 Å². The lowest BCUT2D eigenvalue weighted by Crippen LogP contribution is -2.00. The third-order valence-corrected chi connectivity index (χ3v) is 4.55. The van der Waals surface area contributed by atoms with Gasteiger partial charge in [-0.3, -0.25) is 0 Å². The maximum absolute atomic E-state index is 11.4. The van der Waals surface area contributed by atoms with E-state index < -0.39 is 0 Å². The number of nitriles is 1. The molecule has 0 saturated carbocycles. The molecule has 3 aromatic rings. The fourth-order valence-corrected chi connectivity index (χ4v) is 3.15. The summed E-state index contributed by atoms with van der Waals surface area (Å²) in [4.78, 5) is 15.6. The average Bonchev–Trinajstić information content (AvgIpc) is 3.06. The van der Waals surface area contributed by atoms with Crippen molar-refractivity contribution in [2.24, 2.45) is 0 Å². The Bertz CT molecular complexity index is 939. The van der Waals surface area contributed by atoms with E-state index in [-0.39, 0.29) is 5.97 Å². The predicted octanol–water partition coefficient (Wildman–Crippen LogP) is 4.25. The largest absolute Gasteiger partial charge is 0.465 e. The average molecular weight is 337 g/mol. The van der Waals surface area contributed by atoms with Gasteiger partial charge in [0.25, 0.3) is 0 Å². The molecule has 0 aliphatic heterocycles. The molecular formula is C18H15N3O2S. The zero-order valence-corrected chi connectivity index (χ0v) is 14.0. The number of anilines is 1. The van der Waals surface area contributed by atoms with Gasteiger partial charge in [0.05, 0.1) is 29.4 Å². The number of methoxy groups -OCH3 is 1. The van der Waals surface area contributed by atoms with Crippen molar-refractivity contribution in [3.63, 3.8) is 0 Å². The number of aromatic nitrogens is 1. The number of carbonyl (C=O) groups excluding carboxylic acids is 1. The molecule has 0 bridgehead atoms. The standard InChI is InChI=1S/C18H15N3O2S/c1-11-3-8-15(17-16(11)13(9-19)10-20-17)21-24-14-6-4-12(5-7-14)18(22)23-2/h3-8,10,20-21H,1-2H3. The number of benzene rings is 2. The molecule has 0 amide bonds. The van der Waals surface area contributed by atoms with Gasteiger partial charge in [-0.1, -0.05) is 6.07 Å². The monoisotopic (exact) mass is 337 g/mol. The van der Waals surface area contributed by atoms with E-state index in [0.717, 1.165) is 27.0 Å². The maximum atomic E-state index is 11.4. The summed E-state index contributed by atoms with van der Waals surface area (Å²) in [5.41, 5.74) is 4.02. The van der Waals surface area contributed by atoms with Crippen molar-refractivity contribution < 1.29 is 9.53 Å². The molecule has 2 aromatic carbocycles. The van der Waals surface area contributed by atoms with Crippen molar-refractivity contribution in [1.29, 1.82) is 5.26 Å². The third-order valence-electron chi connectivity index (χ3n) is 3.72. The van der Waals surface area contributed by atoms with Crippen molar-refractivity contribution in [2.75, 3.05) is 11.8 Å². The summed E-state index contributed by atoms with van der Waals surface area (Å²) in [6.07, 6.45) is 1.72. The molecule has 0 unspecified atom stereocenters. The fourth-order valence-electron chi connectivity index (χ4n) is 2.48. The minimum Gasteiger partial charge on any atom is -0.465 e. The molecule has 0 aliphatic carbocycles. The second kappa shape index (κ2) is 6.69. The summed E-state index contributed by atoms with van der Waals surface area (Å²) in [6.45, 7) is 1.99. The van der Waals surface area contributed by atoms with Gasteiger partial charge in [-0.15, -0.1) is 0 Å². The third kappa shape index (κ3) is 2.94. The predicted molar refractivity (Wildman–Crippen MR) is 95.0 cm³/mol. The molecule has 0 aliphatic rings. The first kappa shape index (κ1) is 16.0. The minimum atomic E-state index is -0.352. The molecule has 6 heteroatoms. The highest BCUT2D eigenvalue weighted by Crippen LogP contribution is 2.31. The fraction of sp³-hybridized carbons (Fsp3) is 0.111. The van der Waals surface area contributed by atoms with Crippen molar-refractivity contribution in [3.8, 4) is 6.07 Å². The number of aromatic amines is 1. The van der Waals surface area contributed by atoms with Gasteiger partial charge in [-0.25, -0.2) is 4.79 Å². The van der Waals surface area contributed by atoms with E-state index in [1.807, 2.05) is 31.2 Å². The molecule has 0 atom stereocenters. The maximum Gasteiger partial charge on any atom is 0.337 e. The van der Waals surface area contributed by atoms with Crippen LogP contribution in [0.3, 0.4) is 0 Å². The summed E-state index contributed by atoms with van der Waals surface area (Å²) < 4.78 is 7.98. The van der Waals surface area contributed by atoms with Crippen LogP contribution in [-0.4, -0.2) is 18.1 Å². The Labute approximate surface area is 143 Å². The summed E-state index contributed by atoms with van der Waals surface area (Å²) in [6, 6.07) is 13.3. The Balaban J connectivity index is 1.81. The Kier molecular flexibility index (Phi) is 4.45. The Morgan fingerprint density at radius 2 is 2.00 bits per heavy atom. The summed E-state index contributed by atoms with van der Waals surface area (Å²) in [7, 11) is 1.36. The summed E-state index contributed by atoms with van der Waals surface area (Å²) in [5, 5.41) is 10.1. The lowest BCUT2D eigenvalue weighted by molar-refractivity contribution is 0.0600. The number of hydrogen-bond acceptors (Lipinski definition) is 5. The Morgan fingerprint density at radius 3 is 2.67 bits per heavy atom. The van der Waals surface area contributed by atoms with Crippen LogP contribution >= 0.6 is 11.9 Å². The molecule has 5 nitrogen and oxygen atoms in total. The lowest BCUT2D eigenvalue weighted by Gasteiger charge is -2.09. The molecular weight excluding hydrogens is 322 g/mol. The normalized spacial score (nSPS) is 10.4. The van der Waals surface area contributed by atoms with Crippen LogP contribution in [0.5, 0.6) is 0 Å². The van der Waals surface area contributed by atoms with Crippen LogP contribution in [0, 0.1) is 18.3 Å². The highest BCUT2D eigenvalue weighted by molar-refractivity contribution is 8.00. The van der Waals surface area contributed by atoms with Gasteiger partial charge >= 0.3 is 5.97 Å². The molecule has 2 N–H and O–H groups in total.